The molecule has 2 rings (SSSR count). The highest BCUT2D eigenvalue weighted by atomic mass is 79.9. The number of hydrogen-bond donors (Lipinski definition) is 1. The van der Waals surface area contributed by atoms with E-state index in [-0.39, 0.29) is 6.04 Å². The molecule has 0 saturated carbocycles. The molecule has 1 fully saturated rings. The molecule has 2 nitrogen and oxygen atoms in total. The van der Waals surface area contributed by atoms with E-state index in [1.54, 1.807) is 0 Å². The van der Waals surface area contributed by atoms with Crippen LogP contribution in [0.3, 0.4) is 0 Å². The number of nitrogens with zero attached hydrogens (tertiary/aromatic N) is 1. The topological polar surface area (TPSA) is 29.3 Å². The van der Waals surface area contributed by atoms with Crippen molar-refractivity contribution < 1.29 is 0 Å². The summed E-state index contributed by atoms with van der Waals surface area (Å²) in [5.41, 5.74) is 7.36. The number of likely N-dealkylation sites (tertiary alicyclic amines) is 1. The zero-order chi connectivity index (χ0) is 15.4. The average molecular weight is 374 g/mol. The van der Waals surface area contributed by atoms with Gasteiger partial charge in [-0.3, -0.25) is 0 Å². The third-order valence-electron chi connectivity index (χ3n) is 4.69. The van der Waals surface area contributed by atoms with Crippen LogP contribution in [-0.4, -0.2) is 24.5 Å². The van der Waals surface area contributed by atoms with E-state index in [2.05, 4.69) is 34.7 Å². The molecule has 0 radical (unpaired) electrons. The van der Waals surface area contributed by atoms with Gasteiger partial charge in [0.2, 0.25) is 0 Å². The second-order valence-electron chi connectivity index (χ2n) is 6.48. The minimum absolute atomic E-state index is 0.0217. The summed E-state index contributed by atoms with van der Waals surface area (Å²) in [5, 5.41) is 0.760. The summed E-state index contributed by atoms with van der Waals surface area (Å²) in [6, 6.07) is 5.98. The Balaban J connectivity index is 1.81. The number of rotatable bonds is 5. The van der Waals surface area contributed by atoms with Gasteiger partial charge in [-0.05, 0) is 68.4 Å². The molecule has 0 aromatic heterocycles. The van der Waals surface area contributed by atoms with Gasteiger partial charge in [0.25, 0.3) is 0 Å². The van der Waals surface area contributed by atoms with Gasteiger partial charge in [-0.15, -0.1) is 0 Å². The van der Waals surface area contributed by atoms with Crippen molar-refractivity contribution in [2.75, 3.05) is 19.6 Å². The van der Waals surface area contributed by atoms with Crippen LogP contribution in [-0.2, 0) is 0 Å². The quantitative estimate of drug-likeness (QED) is 0.798. The lowest BCUT2D eigenvalue weighted by atomic mass is 9.86. The van der Waals surface area contributed by atoms with Crippen molar-refractivity contribution in [3.63, 3.8) is 0 Å². The Labute approximate surface area is 142 Å². The maximum Gasteiger partial charge on any atom is 0.0464 e. The van der Waals surface area contributed by atoms with Gasteiger partial charge in [-0.25, -0.2) is 0 Å². The average Bonchev–Trinajstić information content (AvgIpc) is 2.45. The predicted octanol–water partition coefficient (Wildman–Crippen LogP) is 4.86. The Bertz CT molecular complexity index is 456. The highest BCUT2D eigenvalue weighted by Crippen LogP contribution is 2.28. The minimum Gasteiger partial charge on any atom is -0.324 e. The van der Waals surface area contributed by atoms with E-state index in [4.69, 9.17) is 17.3 Å². The summed E-state index contributed by atoms with van der Waals surface area (Å²) >= 11 is 9.71. The first kappa shape index (κ1) is 17.3. The largest absolute Gasteiger partial charge is 0.324 e. The molecule has 1 aromatic rings. The molecule has 1 atom stereocenters. The van der Waals surface area contributed by atoms with Crippen molar-refractivity contribution in [3.8, 4) is 0 Å². The first-order valence-corrected chi connectivity index (χ1v) is 9.07. The van der Waals surface area contributed by atoms with Gasteiger partial charge in [0, 0.05) is 15.5 Å². The fourth-order valence-electron chi connectivity index (χ4n) is 3.12. The zero-order valence-corrected chi connectivity index (χ0v) is 15.3. The van der Waals surface area contributed by atoms with Crippen molar-refractivity contribution in [2.45, 2.75) is 39.2 Å². The van der Waals surface area contributed by atoms with Gasteiger partial charge in [0.05, 0.1) is 0 Å². The van der Waals surface area contributed by atoms with Gasteiger partial charge in [-0.2, -0.15) is 0 Å². The van der Waals surface area contributed by atoms with E-state index >= 15 is 0 Å². The molecule has 0 bridgehead atoms. The number of halogens is 2. The monoisotopic (exact) mass is 372 g/mol. The normalized spacial score (nSPS) is 19.1. The van der Waals surface area contributed by atoms with Gasteiger partial charge in [-0.1, -0.05) is 47.4 Å². The van der Waals surface area contributed by atoms with Crippen molar-refractivity contribution in [2.24, 2.45) is 17.6 Å². The van der Waals surface area contributed by atoms with Crippen LogP contribution < -0.4 is 5.73 Å². The maximum absolute atomic E-state index is 6.31. The fraction of sp³-hybridized carbons (Fsp3) is 0.647. The highest BCUT2D eigenvalue weighted by molar-refractivity contribution is 9.10. The van der Waals surface area contributed by atoms with Crippen molar-refractivity contribution in [3.05, 3.63) is 33.3 Å². The molecular formula is C17H26BrClN2. The molecule has 1 aliphatic rings. The highest BCUT2D eigenvalue weighted by Gasteiger charge is 2.22. The van der Waals surface area contributed by atoms with Crippen molar-refractivity contribution >= 4 is 27.5 Å². The lowest BCUT2D eigenvalue weighted by molar-refractivity contribution is 0.154. The molecular weight excluding hydrogens is 348 g/mol. The van der Waals surface area contributed by atoms with Crippen LogP contribution >= 0.6 is 27.5 Å². The number of benzene rings is 1. The summed E-state index contributed by atoms with van der Waals surface area (Å²) < 4.78 is 0.999. The van der Waals surface area contributed by atoms with E-state index in [1.165, 1.54) is 25.9 Å². The lowest BCUT2D eigenvalue weighted by Crippen LogP contribution is -2.36. The smallest absolute Gasteiger partial charge is 0.0464 e. The number of nitrogens with two attached hydrogens (primary N) is 1. The molecule has 4 heteroatoms. The molecule has 2 N–H and O–H groups in total. The van der Waals surface area contributed by atoms with Gasteiger partial charge >= 0.3 is 0 Å². The molecule has 0 aliphatic carbocycles. The summed E-state index contributed by atoms with van der Waals surface area (Å²) in [6.07, 6.45) is 3.62. The van der Waals surface area contributed by atoms with Crippen molar-refractivity contribution in [1.29, 1.82) is 0 Å². The molecule has 118 valence electrons. The lowest BCUT2D eigenvalue weighted by Gasteiger charge is -2.34. The van der Waals surface area contributed by atoms with E-state index in [0.29, 0.717) is 0 Å². The second kappa shape index (κ2) is 7.96. The Hall–Kier alpha value is -0.0900. The van der Waals surface area contributed by atoms with E-state index in [9.17, 15) is 0 Å². The van der Waals surface area contributed by atoms with Gasteiger partial charge < -0.3 is 10.6 Å². The second-order valence-corrected chi connectivity index (χ2v) is 7.81. The van der Waals surface area contributed by atoms with Crippen LogP contribution in [0.4, 0.5) is 0 Å². The maximum atomic E-state index is 6.31. The van der Waals surface area contributed by atoms with Crippen LogP contribution in [0.2, 0.25) is 5.02 Å². The standard InChI is InChI=1S/C17H26BrClN2/c1-12(2)13-5-8-21(9-6-13)10-7-17(20)15-4-3-14(18)11-16(15)19/h3-4,11-13,17H,5-10,20H2,1-2H3. The predicted molar refractivity (Wildman–Crippen MR) is 94.7 cm³/mol. The first-order chi connectivity index (χ1) is 9.97. The van der Waals surface area contributed by atoms with E-state index < -0.39 is 0 Å². The third kappa shape index (κ3) is 4.95. The zero-order valence-electron chi connectivity index (χ0n) is 13.0. The number of piperidine rings is 1. The molecule has 1 unspecified atom stereocenters. The fourth-order valence-corrected chi connectivity index (χ4v) is 3.94. The molecule has 1 saturated heterocycles. The summed E-state index contributed by atoms with van der Waals surface area (Å²) in [5.74, 6) is 1.71. The molecule has 1 aliphatic heterocycles. The van der Waals surface area contributed by atoms with Crippen molar-refractivity contribution in [1.82, 2.24) is 4.90 Å². The molecule has 1 heterocycles. The Morgan fingerprint density at radius 2 is 2.00 bits per heavy atom. The van der Waals surface area contributed by atoms with E-state index in [0.717, 1.165) is 39.9 Å². The van der Waals surface area contributed by atoms with Crippen LogP contribution in [0.5, 0.6) is 0 Å². The van der Waals surface area contributed by atoms with Crippen LogP contribution in [0.15, 0.2) is 22.7 Å². The number of hydrogen-bond acceptors (Lipinski definition) is 2. The SMILES string of the molecule is CC(C)C1CCN(CCC(N)c2ccc(Br)cc2Cl)CC1. The summed E-state index contributed by atoms with van der Waals surface area (Å²) in [4.78, 5) is 2.55. The molecule has 21 heavy (non-hydrogen) atoms. The summed E-state index contributed by atoms with van der Waals surface area (Å²) in [6.45, 7) is 8.17. The van der Waals surface area contributed by atoms with E-state index in [1.807, 2.05) is 18.2 Å². The summed E-state index contributed by atoms with van der Waals surface area (Å²) in [7, 11) is 0. The van der Waals surface area contributed by atoms with Crippen LogP contribution in [0, 0.1) is 11.8 Å². The van der Waals surface area contributed by atoms with Gasteiger partial charge in [0.15, 0.2) is 0 Å². The third-order valence-corrected chi connectivity index (χ3v) is 5.51. The van der Waals surface area contributed by atoms with Crippen LogP contribution in [0.25, 0.3) is 0 Å². The molecule has 0 spiro atoms. The Kier molecular flexibility index (Phi) is 6.54. The molecule has 0 amide bonds. The van der Waals surface area contributed by atoms with Crippen LogP contribution in [0.1, 0.15) is 44.7 Å². The Morgan fingerprint density at radius 3 is 2.57 bits per heavy atom. The van der Waals surface area contributed by atoms with Gasteiger partial charge in [0.1, 0.15) is 0 Å². The Morgan fingerprint density at radius 1 is 1.33 bits per heavy atom. The first-order valence-electron chi connectivity index (χ1n) is 7.90. The minimum atomic E-state index is 0.0217. The molecule has 1 aromatic carbocycles.